The molecule has 3 aliphatic heterocycles. The van der Waals surface area contributed by atoms with E-state index in [0.717, 1.165) is 11.3 Å². The van der Waals surface area contributed by atoms with Gasteiger partial charge in [0.2, 0.25) is 0 Å². The molecule has 0 amide bonds. The molecule has 400 valence electrons. The van der Waals surface area contributed by atoms with E-state index in [9.17, 15) is 30.3 Å². The van der Waals surface area contributed by atoms with Crippen molar-refractivity contribution in [2.75, 3.05) is 48.5 Å². The Labute approximate surface area is 416 Å². The van der Waals surface area contributed by atoms with Crippen LogP contribution in [0.3, 0.4) is 0 Å². The number of carbonyl (C=O) groups excluding carboxylic acids is 1. The van der Waals surface area contributed by atoms with E-state index in [-0.39, 0.29) is 31.3 Å². The molecule has 70 heavy (non-hydrogen) atoms. The van der Waals surface area contributed by atoms with Gasteiger partial charge in [-0.2, -0.15) is 0 Å². The van der Waals surface area contributed by atoms with Crippen LogP contribution in [-0.4, -0.2) is 195 Å². The van der Waals surface area contributed by atoms with E-state index in [0.29, 0.717) is 50.4 Å². The largest absolute Gasteiger partial charge is 0.493 e. The number of nitrogens with zero attached hydrogens (tertiary/aromatic N) is 5. The number of carbonyl (C=O) groups is 1. The topological polar surface area (TPSA) is 229 Å². The first kappa shape index (κ1) is 57.8. The number of aromatic nitrogens is 3. The number of benzene rings is 1. The van der Waals surface area contributed by atoms with Gasteiger partial charge in [0.25, 0.3) is 0 Å². The molecule has 0 saturated carbocycles. The number of ether oxygens (including phenoxy) is 8. The maximum atomic E-state index is 14.5. The third-order valence-corrected chi connectivity index (χ3v) is 15.5. The number of aliphatic hydroxyl groups excluding tert-OH is 3. The third kappa shape index (κ3) is 13.6. The van der Waals surface area contributed by atoms with Crippen LogP contribution in [0.5, 0.6) is 11.5 Å². The molecule has 19 nitrogen and oxygen atoms in total. The summed E-state index contributed by atoms with van der Waals surface area (Å²) >= 11 is 0. The van der Waals surface area contributed by atoms with Gasteiger partial charge >= 0.3 is 5.97 Å². The lowest BCUT2D eigenvalue weighted by Crippen LogP contribution is -2.61. The van der Waals surface area contributed by atoms with Gasteiger partial charge in [0, 0.05) is 63.8 Å². The van der Waals surface area contributed by atoms with Crippen LogP contribution < -0.4 is 9.47 Å². The van der Waals surface area contributed by atoms with Crippen LogP contribution in [0.2, 0.25) is 0 Å². The molecule has 0 aliphatic carbocycles. The van der Waals surface area contributed by atoms with Gasteiger partial charge in [-0.3, -0.25) is 9.48 Å². The Morgan fingerprint density at radius 2 is 1.60 bits per heavy atom. The lowest BCUT2D eigenvalue weighted by atomic mass is 9.77. The summed E-state index contributed by atoms with van der Waals surface area (Å²) in [5.74, 6) is -1.43. The molecule has 4 heterocycles. The van der Waals surface area contributed by atoms with Crippen molar-refractivity contribution >= 4 is 5.97 Å². The fraction of sp³-hybridized carbons (Fsp3) is 0.824. The minimum Gasteiger partial charge on any atom is -0.493 e. The number of cyclic esters (lactones) is 1. The summed E-state index contributed by atoms with van der Waals surface area (Å²) in [6.07, 6.45) is -5.77. The third-order valence-electron chi connectivity index (χ3n) is 15.5. The SMILES string of the molecule is CC[C@H]1OC(=O)[C@H](C)[C@@H](O[C@H]2C[C@@](C)(OC)[C@@H](O)[C@H](C)O2)[C@H](C)[C@@H](O[C@@H]2O[C@H](C)C[C@H](N(C)CCc3cn(CCc4ccc(OC)c(OC)c4)nn3)[C@H]2O)[C@](C)(O)C[C@@H](C)CN(C)[C@H](C)[C@@H](O)[C@]1(C)O. The maximum absolute atomic E-state index is 14.5. The van der Waals surface area contributed by atoms with Crippen LogP contribution in [-0.2, 0) is 52.6 Å². The Kier molecular flexibility index (Phi) is 20.1. The van der Waals surface area contributed by atoms with Crippen LogP contribution in [0.4, 0.5) is 0 Å². The summed E-state index contributed by atoms with van der Waals surface area (Å²) in [7, 11) is 8.51. The number of hydrogen-bond acceptors (Lipinski definition) is 18. The molecule has 1 aromatic heterocycles. The van der Waals surface area contributed by atoms with E-state index in [2.05, 4.69) is 15.2 Å². The zero-order valence-corrected chi connectivity index (χ0v) is 44.5. The van der Waals surface area contributed by atoms with Crippen molar-refractivity contribution in [1.82, 2.24) is 24.8 Å². The molecular weight excluding hydrogens is 907 g/mol. The fourth-order valence-electron chi connectivity index (χ4n) is 11.0. The van der Waals surface area contributed by atoms with Crippen molar-refractivity contribution in [2.45, 2.75) is 205 Å². The standard InChI is InChI=1S/C51H87N5O14/c1-16-40-51(10,62)44(58)33(6)55(12)27-29(2)25-49(8,61)46(31(4)43(32(5)47(60)68-40)69-41-26-50(9,65-15)45(59)34(7)67-41)70-48-42(57)37(23-30(3)66-48)54(11)21-20-36-28-56(53-52-36)22-19-35-17-18-38(63-13)39(24-35)64-14/h17-18,24,28-34,37,40-46,48,57-59,61-62H,16,19-23,25-27H2,1-15H3/t29-,30-,31+,32-,33-,34+,37+,40-,41+,42-,43+,44-,45+,46-,48+,49-,50-,51-/m1/s1. The van der Waals surface area contributed by atoms with E-state index in [1.165, 1.54) is 14.0 Å². The fourth-order valence-corrected chi connectivity index (χ4v) is 11.0. The highest BCUT2D eigenvalue weighted by Gasteiger charge is 2.53. The number of aliphatic hydroxyl groups is 5. The molecule has 18 atom stereocenters. The maximum Gasteiger partial charge on any atom is 0.311 e. The summed E-state index contributed by atoms with van der Waals surface area (Å²) in [5, 5.41) is 68.5. The van der Waals surface area contributed by atoms with Gasteiger partial charge in [-0.1, -0.05) is 32.1 Å². The highest BCUT2D eigenvalue weighted by atomic mass is 16.7. The Morgan fingerprint density at radius 1 is 0.914 bits per heavy atom. The summed E-state index contributed by atoms with van der Waals surface area (Å²) in [4.78, 5) is 18.5. The van der Waals surface area contributed by atoms with E-state index in [4.69, 9.17) is 37.9 Å². The van der Waals surface area contributed by atoms with Crippen LogP contribution in [0, 0.1) is 17.8 Å². The predicted molar refractivity (Wildman–Crippen MR) is 260 cm³/mol. The van der Waals surface area contributed by atoms with Gasteiger partial charge in [0.15, 0.2) is 24.1 Å². The number of methoxy groups -OCH3 is 3. The number of rotatable bonds is 15. The molecule has 0 spiro atoms. The summed E-state index contributed by atoms with van der Waals surface area (Å²) in [6, 6.07) is 4.86. The van der Waals surface area contributed by atoms with Gasteiger partial charge in [-0.25, -0.2) is 0 Å². The van der Waals surface area contributed by atoms with Crippen molar-refractivity contribution < 1.29 is 68.2 Å². The van der Waals surface area contributed by atoms with E-state index in [1.807, 2.05) is 68.8 Å². The zero-order valence-electron chi connectivity index (χ0n) is 44.5. The smallest absolute Gasteiger partial charge is 0.311 e. The highest BCUT2D eigenvalue weighted by Crippen LogP contribution is 2.40. The lowest BCUT2D eigenvalue weighted by molar-refractivity contribution is -0.318. The molecule has 0 unspecified atom stereocenters. The van der Waals surface area contributed by atoms with Crippen molar-refractivity contribution in [3.05, 3.63) is 35.7 Å². The minimum absolute atomic E-state index is 0.104. The van der Waals surface area contributed by atoms with Crippen LogP contribution in [0.15, 0.2) is 24.4 Å². The van der Waals surface area contributed by atoms with E-state index in [1.54, 1.807) is 55.8 Å². The van der Waals surface area contributed by atoms with Crippen LogP contribution in [0.25, 0.3) is 0 Å². The van der Waals surface area contributed by atoms with E-state index < -0.39 is 102 Å². The normalized spacial score (nSPS) is 39.8. The predicted octanol–water partition coefficient (Wildman–Crippen LogP) is 3.37. The molecule has 5 rings (SSSR count). The minimum atomic E-state index is -1.83. The highest BCUT2D eigenvalue weighted by molar-refractivity contribution is 5.73. The molecule has 2 aromatic rings. The van der Waals surface area contributed by atoms with Crippen molar-refractivity contribution in [3.8, 4) is 11.5 Å². The Hall–Kier alpha value is -3.05. The second kappa shape index (κ2) is 24.3. The second-order valence-electron chi connectivity index (χ2n) is 21.3. The van der Waals surface area contributed by atoms with Gasteiger partial charge < -0.3 is 73.2 Å². The summed E-state index contributed by atoms with van der Waals surface area (Å²) in [6.45, 7) is 19.2. The molecule has 0 radical (unpaired) electrons. The molecule has 1 aromatic carbocycles. The number of esters is 1. The zero-order chi connectivity index (χ0) is 52.0. The Morgan fingerprint density at radius 3 is 2.24 bits per heavy atom. The summed E-state index contributed by atoms with van der Waals surface area (Å²) in [5.41, 5.74) is -2.64. The molecule has 19 heteroatoms. The first-order chi connectivity index (χ1) is 32.8. The first-order valence-electron chi connectivity index (χ1n) is 25.2. The molecular formula is C51H87N5O14. The second-order valence-corrected chi connectivity index (χ2v) is 21.3. The van der Waals surface area contributed by atoms with Crippen molar-refractivity contribution in [2.24, 2.45) is 17.8 Å². The molecule has 0 bridgehead atoms. The summed E-state index contributed by atoms with van der Waals surface area (Å²) < 4.78 is 51.0. The number of aryl methyl sites for hydroxylation is 2. The molecule has 3 saturated heterocycles. The quantitative estimate of drug-likeness (QED) is 0.161. The first-order valence-corrected chi connectivity index (χ1v) is 25.2. The average Bonchev–Trinajstić information content (AvgIpc) is 3.78. The Balaban J connectivity index is 1.42. The van der Waals surface area contributed by atoms with Crippen molar-refractivity contribution in [3.63, 3.8) is 0 Å². The lowest BCUT2D eigenvalue weighted by Gasteiger charge is -2.49. The van der Waals surface area contributed by atoms with Crippen LogP contribution >= 0.6 is 0 Å². The van der Waals surface area contributed by atoms with Gasteiger partial charge in [0.05, 0.1) is 61.4 Å². The Bertz CT molecular complexity index is 1960. The average molecular weight is 994 g/mol. The van der Waals surface area contributed by atoms with Crippen molar-refractivity contribution in [1.29, 1.82) is 0 Å². The molecule has 5 N–H and O–H groups in total. The van der Waals surface area contributed by atoms with Gasteiger partial charge in [-0.05, 0) is 112 Å². The van der Waals surface area contributed by atoms with Crippen LogP contribution in [0.1, 0.15) is 106 Å². The molecule has 3 fully saturated rings. The monoisotopic (exact) mass is 994 g/mol. The number of hydrogen-bond donors (Lipinski definition) is 5. The van der Waals surface area contributed by atoms with E-state index >= 15 is 0 Å². The number of likely N-dealkylation sites (N-methyl/N-ethyl adjacent to an activating group) is 2. The van der Waals surface area contributed by atoms with Gasteiger partial charge in [0.1, 0.15) is 30.0 Å². The van der Waals surface area contributed by atoms with Gasteiger partial charge in [-0.15, -0.1) is 5.10 Å². The molecule has 3 aliphatic rings.